The quantitative estimate of drug-likeness (QED) is 0.396. The van der Waals surface area contributed by atoms with Crippen LogP contribution < -0.4 is 5.73 Å². The van der Waals surface area contributed by atoms with Gasteiger partial charge in [-0.2, -0.15) is 0 Å². The molecule has 33 heavy (non-hydrogen) atoms. The third kappa shape index (κ3) is 5.01. The van der Waals surface area contributed by atoms with E-state index in [1.165, 1.54) is 18.5 Å². The number of rotatable bonds is 7. The molecule has 0 aliphatic carbocycles. The van der Waals surface area contributed by atoms with Crippen LogP contribution in [-0.2, 0) is 0 Å². The van der Waals surface area contributed by atoms with Crippen LogP contribution in [0.5, 0.6) is 0 Å². The van der Waals surface area contributed by atoms with Crippen molar-refractivity contribution < 1.29 is 0 Å². The lowest BCUT2D eigenvalue weighted by atomic mass is 10.0. The molecule has 0 amide bonds. The van der Waals surface area contributed by atoms with E-state index in [0.717, 1.165) is 77.3 Å². The summed E-state index contributed by atoms with van der Waals surface area (Å²) in [5, 5.41) is 1.64. The van der Waals surface area contributed by atoms with Crippen molar-refractivity contribution in [3.63, 3.8) is 0 Å². The van der Waals surface area contributed by atoms with Crippen molar-refractivity contribution in [3.8, 4) is 11.3 Å². The molecule has 1 saturated heterocycles. The fourth-order valence-corrected chi connectivity index (χ4v) is 4.63. The number of hydrogen-bond donors (Lipinski definition) is 1. The van der Waals surface area contributed by atoms with Crippen LogP contribution in [0.3, 0.4) is 0 Å². The Hall–Kier alpha value is -2.98. The Morgan fingerprint density at radius 1 is 1.03 bits per heavy atom. The molecule has 2 heterocycles. The van der Waals surface area contributed by atoms with Crippen LogP contribution in [0.4, 0.5) is 5.69 Å². The lowest BCUT2D eigenvalue weighted by Crippen LogP contribution is -2.44. The Morgan fingerprint density at radius 3 is 2.45 bits per heavy atom. The predicted octanol–water partition coefficient (Wildman–Crippen LogP) is 6.74. The Bertz CT molecular complexity index is 1190. The molecule has 2 aromatic carbocycles. The van der Waals surface area contributed by atoms with Gasteiger partial charge in [0.05, 0.1) is 16.2 Å². The third-order valence-electron chi connectivity index (χ3n) is 6.59. The summed E-state index contributed by atoms with van der Waals surface area (Å²) >= 11 is 6.63. The number of pyridine rings is 1. The second kappa shape index (κ2) is 9.88. The number of anilines is 1. The van der Waals surface area contributed by atoms with Gasteiger partial charge >= 0.3 is 0 Å². The molecule has 4 rings (SSSR count). The van der Waals surface area contributed by atoms with Gasteiger partial charge in [0, 0.05) is 54.2 Å². The first-order valence-electron chi connectivity index (χ1n) is 11.7. The lowest BCUT2D eigenvalue weighted by Gasteiger charge is -2.39. The van der Waals surface area contributed by atoms with Crippen molar-refractivity contribution in [2.45, 2.75) is 33.1 Å². The molecular formula is C28H33ClN4. The SMILES string of the molecule is C=C(CCCC)N1CCN(C(=C)c2ccc3c(Cl)cc(-c4ccc(N)c(C)c4)nc3c2)CC1. The van der Waals surface area contributed by atoms with Gasteiger partial charge in [-0.25, -0.2) is 4.98 Å². The summed E-state index contributed by atoms with van der Waals surface area (Å²) in [7, 11) is 0. The molecule has 2 N–H and O–H groups in total. The molecule has 172 valence electrons. The van der Waals surface area contributed by atoms with Crippen LogP contribution >= 0.6 is 11.6 Å². The van der Waals surface area contributed by atoms with Crippen LogP contribution in [-0.4, -0.2) is 41.0 Å². The van der Waals surface area contributed by atoms with Crippen LogP contribution in [0, 0.1) is 6.92 Å². The number of nitrogens with two attached hydrogens (primary N) is 1. The van der Waals surface area contributed by atoms with Gasteiger partial charge in [0.25, 0.3) is 0 Å². The second-order valence-electron chi connectivity index (χ2n) is 8.88. The first-order valence-corrected chi connectivity index (χ1v) is 12.1. The van der Waals surface area contributed by atoms with Crippen molar-refractivity contribution in [1.82, 2.24) is 14.8 Å². The monoisotopic (exact) mass is 460 g/mol. The van der Waals surface area contributed by atoms with E-state index in [1.807, 2.05) is 31.2 Å². The number of benzene rings is 2. The van der Waals surface area contributed by atoms with Crippen LogP contribution in [0.2, 0.25) is 5.02 Å². The standard InChI is InChI=1S/C28H33ClN4/c1-5-6-7-20(3)32-12-14-33(15-13-32)21(4)22-8-10-24-25(29)18-27(31-28(24)17-22)23-9-11-26(30)19(2)16-23/h8-11,16-18H,3-7,12-15,30H2,1-2H3. The van der Waals surface area contributed by atoms with E-state index in [9.17, 15) is 0 Å². The normalized spacial score (nSPS) is 14.0. The maximum Gasteiger partial charge on any atom is 0.0731 e. The number of fused-ring (bicyclic) bond motifs is 1. The van der Waals surface area contributed by atoms with Crippen molar-refractivity contribution in [3.05, 3.63) is 77.5 Å². The van der Waals surface area contributed by atoms with E-state index in [1.54, 1.807) is 0 Å². The number of nitrogen functional groups attached to an aromatic ring is 1. The van der Waals surface area contributed by atoms with Gasteiger partial charge in [-0.1, -0.05) is 56.3 Å². The van der Waals surface area contributed by atoms with E-state index in [-0.39, 0.29) is 0 Å². The third-order valence-corrected chi connectivity index (χ3v) is 6.90. The number of halogens is 1. The van der Waals surface area contributed by atoms with E-state index in [2.05, 4.69) is 48.1 Å². The fourth-order valence-electron chi connectivity index (χ4n) is 4.36. The van der Waals surface area contributed by atoms with Gasteiger partial charge in [-0.15, -0.1) is 0 Å². The highest BCUT2D eigenvalue weighted by Gasteiger charge is 2.20. The first kappa shape index (κ1) is 23.2. The molecule has 0 radical (unpaired) electrons. The summed E-state index contributed by atoms with van der Waals surface area (Å²) in [5.74, 6) is 0. The molecule has 0 bridgehead atoms. The summed E-state index contributed by atoms with van der Waals surface area (Å²) < 4.78 is 0. The Kier molecular flexibility index (Phi) is 6.94. The maximum absolute atomic E-state index is 6.63. The lowest BCUT2D eigenvalue weighted by molar-refractivity contribution is 0.209. The molecule has 1 fully saturated rings. The summed E-state index contributed by atoms with van der Waals surface area (Å²) in [6.45, 7) is 16.8. The molecule has 0 saturated carbocycles. The Morgan fingerprint density at radius 2 is 1.76 bits per heavy atom. The smallest absolute Gasteiger partial charge is 0.0731 e. The number of allylic oxidation sites excluding steroid dienone is 1. The number of aryl methyl sites for hydroxylation is 1. The average Bonchev–Trinajstić information content (AvgIpc) is 2.83. The molecule has 1 aromatic heterocycles. The Labute approximate surface area is 202 Å². The van der Waals surface area contributed by atoms with Crippen molar-refractivity contribution in [2.75, 3.05) is 31.9 Å². The number of aromatic nitrogens is 1. The summed E-state index contributed by atoms with van der Waals surface area (Å²) in [4.78, 5) is 9.70. The van der Waals surface area contributed by atoms with E-state index in [0.29, 0.717) is 5.02 Å². The molecule has 5 heteroatoms. The van der Waals surface area contributed by atoms with E-state index in [4.69, 9.17) is 22.3 Å². The zero-order valence-electron chi connectivity index (χ0n) is 19.7. The van der Waals surface area contributed by atoms with Crippen molar-refractivity contribution in [1.29, 1.82) is 0 Å². The number of nitrogens with zero attached hydrogens (tertiary/aromatic N) is 3. The minimum absolute atomic E-state index is 0.695. The highest BCUT2D eigenvalue weighted by molar-refractivity contribution is 6.35. The molecular weight excluding hydrogens is 428 g/mol. The van der Waals surface area contributed by atoms with Crippen LogP contribution in [0.15, 0.2) is 61.3 Å². The van der Waals surface area contributed by atoms with Gasteiger partial charge < -0.3 is 15.5 Å². The van der Waals surface area contributed by atoms with E-state index >= 15 is 0 Å². The molecule has 1 aliphatic rings. The Balaban J connectivity index is 1.54. The fraction of sp³-hybridized carbons (Fsp3) is 0.321. The summed E-state index contributed by atoms with van der Waals surface area (Å²) in [5.41, 5.74) is 13.9. The molecule has 0 atom stereocenters. The summed E-state index contributed by atoms with van der Waals surface area (Å²) in [6, 6.07) is 14.1. The molecule has 0 spiro atoms. The summed E-state index contributed by atoms with van der Waals surface area (Å²) in [6.07, 6.45) is 3.50. The maximum atomic E-state index is 6.63. The second-order valence-corrected chi connectivity index (χ2v) is 9.29. The highest BCUT2D eigenvalue weighted by Crippen LogP contribution is 2.32. The van der Waals surface area contributed by atoms with Gasteiger partial charge in [0.15, 0.2) is 0 Å². The number of piperazine rings is 1. The van der Waals surface area contributed by atoms with Crippen LogP contribution in [0.1, 0.15) is 37.3 Å². The topological polar surface area (TPSA) is 45.4 Å². The van der Waals surface area contributed by atoms with Gasteiger partial charge in [0.1, 0.15) is 0 Å². The number of unbranched alkanes of at least 4 members (excludes halogenated alkanes) is 1. The molecule has 0 unspecified atom stereocenters. The molecule has 4 nitrogen and oxygen atoms in total. The zero-order valence-corrected chi connectivity index (χ0v) is 20.5. The highest BCUT2D eigenvalue weighted by atomic mass is 35.5. The minimum Gasteiger partial charge on any atom is -0.399 e. The molecule has 3 aromatic rings. The largest absolute Gasteiger partial charge is 0.399 e. The van der Waals surface area contributed by atoms with Crippen molar-refractivity contribution >= 4 is 33.9 Å². The van der Waals surface area contributed by atoms with Crippen LogP contribution in [0.25, 0.3) is 27.9 Å². The van der Waals surface area contributed by atoms with E-state index < -0.39 is 0 Å². The number of hydrogen-bond acceptors (Lipinski definition) is 4. The van der Waals surface area contributed by atoms with Crippen molar-refractivity contribution in [2.24, 2.45) is 0 Å². The van der Waals surface area contributed by atoms with Gasteiger partial charge in [-0.3, -0.25) is 0 Å². The van der Waals surface area contributed by atoms with Gasteiger partial charge in [-0.05, 0) is 55.2 Å². The zero-order chi connectivity index (χ0) is 23.5. The predicted molar refractivity (Wildman–Crippen MR) is 142 cm³/mol. The molecule has 1 aliphatic heterocycles. The average molecular weight is 461 g/mol. The first-order chi connectivity index (χ1) is 15.9. The van der Waals surface area contributed by atoms with Gasteiger partial charge in [0.2, 0.25) is 0 Å². The minimum atomic E-state index is 0.695.